The molecule has 0 unspecified atom stereocenters. The van der Waals surface area contributed by atoms with E-state index in [9.17, 15) is 35.9 Å². The largest absolute Gasteiger partial charge is 0.446 e. The van der Waals surface area contributed by atoms with Gasteiger partial charge in [0, 0.05) is 11.9 Å². The van der Waals surface area contributed by atoms with Crippen molar-refractivity contribution >= 4 is 29.4 Å². The van der Waals surface area contributed by atoms with Crippen molar-refractivity contribution in [3.63, 3.8) is 0 Å². The van der Waals surface area contributed by atoms with Gasteiger partial charge in [-0.15, -0.1) is 5.06 Å². The molecular formula is C17H12F6N2O3S. The van der Waals surface area contributed by atoms with Crippen molar-refractivity contribution < 1.29 is 40.8 Å². The monoisotopic (exact) mass is 438 g/mol. The quantitative estimate of drug-likeness (QED) is 0.384. The third-order valence-corrected chi connectivity index (χ3v) is 4.24. The fraction of sp³-hybridized carbons (Fsp3) is 0.176. The van der Waals surface area contributed by atoms with Crippen LogP contribution in [0.25, 0.3) is 0 Å². The molecule has 0 bridgehead atoms. The number of hydrogen-bond donors (Lipinski definition) is 0. The lowest BCUT2D eigenvalue weighted by Gasteiger charge is -2.25. The summed E-state index contributed by atoms with van der Waals surface area (Å²) in [5.41, 5.74) is -6.21. The molecule has 2 aromatic carbocycles. The van der Waals surface area contributed by atoms with Crippen LogP contribution in [0.3, 0.4) is 0 Å². The maximum absolute atomic E-state index is 14.2. The lowest BCUT2D eigenvalue weighted by atomic mass is 10.2. The van der Waals surface area contributed by atoms with Crippen molar-refractivity contribution in [2.75, 3.05) is 19.1 Å². The van der Waals surface area contributed by atoms with Gasteiger partial charge in [-0.25, -0.2) is 18.0 Å². The summed E-state index contributed by atoms with van der Waals surface area (Å²) in [6.07, 6.45) is 0. The third kappa shape index (κ3) is 5.21. The van der Waals surface area contributed by atoms with Gasteiger partial charge in [0.25, 0.3) is 5.91 Å². The number of carbonyl (C=O) groups excluding carboxylic acids is 2. The van der Waals surface area contributed by atoms with Gasteiger partial charge in [-0.05, 0) is 42.1 Å². The van der Waals surface area contributed by atoms with Crippen LogP contribution in [0.15, 0.2) is 41.3 Å². The predicted molar refractivity (Wildman–Crippen MR) is 91.6 cm³/mol. The van der Waals surface area contributed by atoms with E-state index >= 15 is 0 Å². The number of amides is 3. The molecule has 3 amide bonds. The fourth-order valence-electron chi connectivity index (χ4n) is 2.25. The zero-order valence-corrected chi connectivity index (χ0v) is 15.6. The molecule has 5 nitrogen and oxygen atoms in total. The van der Waals surface area contributed by atoms with Crippen LogP contribution in [0, 0.1) is 17.5 Å². The highest BCUT2D eigenvalue weighted by Crippen LogP contribution is 2.38. The first-order valence-corrected chi connectivity index (χ1v) is 8.43. The van der Waals surface area contributed by atoms with Crippen molar-refractivity contribution in [3.8, 4) is 0 Å². The second-order valence-corrected chi connectivity index (χ2v) is 6.52. The number of benzene rings is 2. The van der Waals surface area contributed by atoms with Gasteiger partial charge in [0.05, 0.1) is 12.8 Å². The minimum atomic E-state index is -4.64. The van der Waals surface area contributed by atoms with Crippen LogP contribution < -0.4 is 4.90 Å². The maximum Gasteiger partial charge on any atom is 0.446 e. The van der Waals surface area contributed by atoms with Crippen LogP contribution in [0.1, 0.15) is 10.4 Å². The molecule has 12 heteroatoms. The van der Waals surface area contributed by atoms with Crippen molar-refractivity contribution in [3.05, 3.63) is 59.4 Å². The number of urea groups is 1. The molecule has 0 N–H and O–H groups in total. The first-order chi connectivity index (χ1) is 13.5. The topological polar surface area (TPSA) is 49.9 Å². The molecule has 156 valence electrons. The first-order valence-electron chi connectivity index (χ1n) is 7.61. The van der Waals surface area contributed by atoms with E-state index in [2.05, 4.69) is 4.84 Å². The lowest BCUT2D eigenvalue weighted by molar-refractivity contribution is -0.0570. The standard InChI is InChI=1S/C17H12F6N2O3S/c1-24(13-7-6-9(8-12(13)20)29-17(21,22)23)16(27)25(28-2)15(26)14-10(18)4-3-5-11(14)19/h3-8H,1-2H3. The Hall–Kier alpha value is -2.73. The Balaban J connectivity index is 2.31. The molecule has 0 spiro atoms. The van der Waals surface area contributed by atoms with Crippen LogP contribution >= 0.6 is 11.8 Å². The number of thioether (sulfide) groups is 1. The van der Waals surface area contributed by atoms with Gasteiger partial charge in [0.1, 0.15) is 23.0 Å². The molecule has 0 aliphatic carbocycles. The van der Waals surface area contributed by atoms with E-state index in [4.69, 9.17) is 0 Å². The minimum Gasteiger partial charge on any atom is -0.292 e. The molecule has 2 aromatic rings. The van der Waals surface area contributed by atoms with Gasteiger partial charge in [0.15, 0.2) is 0 Å². The zero-order valence-electron chi connectivity index (χ0n) is 14.8. The normalized spacial score (nSPS) is 11.3. The summed E-state index contributed by atoms with van der Waals surface area (Å²) in [6, 6.07) is 3.58. The maximum atomic E-state index is 14.2. The Morgan fingerprint density at radius 1 is 1.00 bits per heavy atom. The molecule has 2 rings (SSSR count). The Morgan fingerprint density at radius 3 is 2.07 bits per heavy atom. The highest BCUT2D eigenvalue weighted by atomic mass is 32.2. The Bertz CT molecular complexity index is 918. The number of alkyl halides is 3. The SMILES string of the molecule is CON(C(=O)c1c(F)cccc1F)C(=O)N(C)c1ccc(SC(F)(F)F)cc1F. The molecule has 0 saturated carbocycles. The average molecular weight is 438 g/mol. The van der Waals surface area contributed by atoms with E-state index in [1.807, 2.05) is 0 Å². The van der Waals surface area contributed by atoms with Crippen LogP contribution in [0.2, 0.25) is 0 Å². The van der Waals surface area contributed by atoms with Gasteiger partial charge in [-0.2, -0.15) is 13.2 Å². The first kappa shape index (κ1) is 22.6. The van der Waals surface area contributed by atoms with E-state index in [0.29, 0.717) is 11.0 Å². The molecule has 0 aliphatic heterocycles. The summed E-state index contributed by atoms with van der Waals surface area (Å²) in [5, 5.41) is -0.0146. The molecule has 0 radical (unpaired) electrons. The van der Waals surface area contributed by atoms with E-state index in [0.717, 1.165) is 44.5 Å². The summed E-state index contributed by atoms with van der Waals surface area (Å²) >= 11 is -0.556. The van der Waals surface area contributed by atoms with E-state index in [1.54, 1.807) is 0 Å². The summed E-state index contributed by atoms with van der Waals surface area (Å²) in [4.78, 5) is 29.5. The van der Waals surface area contributed by atoms with Crippen molar-refractivity contribution in [2.45, 2.75) is 10.4 Å². The highest BCUT2D eigenvalue weighted by molar-refractivity contribution is 8.00. The molecule has 0 aliphatic rings. The highest BCUT2D eigenvalue weighted by Gasteiger charge is 2.33. The second-order valence-electron chi connectivity index (χ2n) is 5.38. The van der Waals surface area contributed by atoms with Gasteiger partial charge in [-0.1, -0.05) is 6.07 Å². The molecule has 0 atom stereocenters. The van der Waals surface area contributed by atoms with Gasteiger partial charge >= 0.3 is 11.5 Å². The Labute approximate surface area is 164 Å². The van der Waals surface area contributed by atoms with Gasteiger partial charge in [-0.3, -0.25) is 14.5 Å². The zero-order chi connectivity index (χ0) is 21.9. The minimum absolute atomic E-state index is 0.0146. The summed E-state index contributed by atoms with van der Waals surface area (Å²) in [7, 11) is 1.86. The van der Waals surface area contributed by atoms with Crippen LogP contribution in [0.4, 0.5) is 36.8 Å². The summed E-state index contributed by atoms with van der Waals surface area (Å²) in [6.45, 7) is 0. The number of halogens is 6. The number of carbonyl (C=O) groups is 2. The average Bonchev–Trinajstić information content (AvgIpc) is 2.60. The smallest absolute Gasteiger partial charge is 0.292 e. The molecule has 0 aromatic heterocycles. The molecule has 0 heterocycles. The molecule has 0 fully saturated rings. The van der Waals surface area contributed by atoms with Gasteiger partial charge < -0.3 is 0 Å². The number of hydrogen-bond acceptors (Lipinski definition) is 4. The van der Waals surface area contributed by atoms with E-state index in [1.165, 1.54) is 0 Å². The van der Waals surface area contributed by atoms with Crippen LogP contribution in [-0.2, 0) is 4.84 Å². The second kappa shape index (κ2) is 8.74. The molecule has 0 saturated heterocycles. The number of hydroxylamine groups is 2. The van der Waals surface area contributed by atoms with E-state index < -0.39 is 62.8 Å². The van der Waals surface area contributed by atoms with Gasteiger partial charge in [0.2, 0.25) is 0 Å². The molecular weight excluding hydrogens is 426 g/mol. The lowest BCUT2D eigenvalue weighted by Crippen LogP contribution is -2.45. The number of imide groups is 1. The van der Waals surface area contributed by atoms with Crippen LogP contribution in [-0.4, -0.2) is 36.7 Å². The third-order valence-electron chi connectivity index (χ3n) is 3.52. The van der Waals surface area contributed by atoms with Crippen molar-refractivity contribution in [2.24, 2.45) is 0 Å². The van der Waals surface area contributed by atoms with E-state index in [-0.39, 0.29) is 5.06 Å². The molecule has 29 heavy (non-hydrogen) atoms. The number of rotatable bonds is 4. The Morgan fingerprint density at radius 2 is 1.59 bits per heavy atom. The number of anilines is 1. The Kier molecular flexibility index (Phi) is 6.80. The van der Waals surface area contributed by atoms with Crippen molar-refractivity contribution in [1.29, 1.82) is 0 Å². The van der Waals surface area contributed by atoms with Crippen molar-refractivity contribution in [1.82, 2.24) is 5.06 Å². The predicted octanol–water partition coefficient (Wildman–Crippen LogP) is 4.98. The summed E-state index contributed by atoms with van der Waals surface area (Å²) < 4.78 is 79.0. The number of nitrogens with zero attached hydrogens (tertiary/aromatic N) is 2. The summed E-state index contributed by atoms with van der Waals surface area (Å²) in [5.74, 6) is -5.21. The van der Waals surface area contributed by atoms with Crippen LogP contribution in [0.5, 0.6) is 0 Å². The fourth-order valence-corrected chi connectivity index (χ4v) is 2.81.